The molecule has 2 aliphatic rings. The number of hydrogen-bond acceptors (Lipinski definition) is 4. The van der Waals surface area contributed by atoms with Crippen molar-refractivity contribution in [2.45, 2.75) is 31.8 Å². The highest BCUT2D eigenvalue weighted by molar-refractivity contribution is 5.74. The van der Waals surface area contributed by atoms with Crippen molar-refractivity contribution >= 4 is 5.97 Å². The summed E-state index contributed by atoms with van der Waals surface area (Å²) in [5.41, 5.74) is 1.22. The zero-order valence-corrected chi connectivity index (χ0v) is 12.6. The maximum absolute atomic E-state index is 11.5. The summed E-state index contributed by atoms with van der Waals surface area (Å²) < 4.78 is 1.83. The van der Waals surface area contributed by atoms with Gasteiger partial charge >= 0.3 is 5.97 Å². The summed E-state index contributed by atoms with van der Waals surface area (Å²) in [5.74, 6) is -0.259. The molecule has 1 unspecified atom stereocenters. The van der Waals surface area contributed by atoms with Gasteiger partial charge in [-0.25, -0.2) is 0 Å². The van der Waals surface area contributed by atoms with E-state index < -0.39 is 5.97 Å². The fourth-order valence-corrected chi connectivity index (χ4v) is 3.31. The lowest BCUT2D eigenvalue weighted by Gasteiger charge is -2.27. The van der Waals surface area contributed by atoms with Crippen LogP contribution >= 0.6 is 0 Å². The third-order valence-corrected chi connectivity index (χ3v) is 4.50. The van der Waals surface area contributed by atoms with Crippen molar-refractivity contribution in [3.8, 4) is 0 Å². The van der Waals surface area contributed by atoms with E-state index in [9.17, 15) is 9.90 Å². The highest BCUT2D eigenvalue weighted by Gasteiger charge is 2.40. The van der Waals surface area contributed by atoms with E-state index in [2.05, 4.69) is 14.9 Å². The first kappa shape index (κ1) is 14.5. The van der Waals surface area contributed by atoms with Crippen LogP contribution in [0.5, 0.6) is 0 Å². The van der Waals surface area contributed by atoms with E-state index in [0.29, 0.717) is 5.92 Å². The van der Waals surface area contributed by atoms with Gasteiger partial charge in [0.25, 0.3) is 0 Å². The maximum atomic E-state index is 11.5. The van der Waals surface area contributed by atoms with Gasteiger partial charge in [-0.2, -0.15) is 5.10 Å². The average molecular weight is 292 g/mol. The van der Waals surface area contributed by atoms with Crippen LogP contribution in [-0.4, -0.2) is 62.9 Å². The maximum Gasteiger partial charge on any atom is 0.321 e. The first-order chi connectivity index (χ1) is 10.1. The zero-order valence-electron chi connectivity index (χ0n) is 12.6. The molecule has 3 rings (SSSR count). The van der Waals surface area contributed by atoms with E-state index in [1.165, 1.54) is 5.56 Å². The molecule has 1 aliphatic carbocycles. The standard InChI is InChI=1S/C15H24N4O2/c1-17-10-12(9-16-17)11-18-5-2-6-19(8-7-18)14(15(20)21)13-3-4-13/h9-10,13-14H,2-8,11H2,1H3,(H,20,21). The number of carbonyl (C=O) groups is 1. The van der Waals surface area contributed by atoms with Gasteiger partial charge < -0.3 is 5.11 Å². The average Bonchev–Trinajstić information content (AvgIpc) is 3.20. The molecule has 1 saturated heterocycles. The van der Waals surface area contributed by atoms with Crippen LogP contribution < -0.4 is 0 Å². The molecule has 0 bridgehead atoms. The van der Waals surface area contributed by atoms with Crippen LogP contribution in [-0.2, 0) is 18.4 Å². The summed E-state index contributed by atoms with van der Waals surface area (Å²) in [6.07, 6.45) is 7.15. The number of carboxylic acid groups (broad SMARTS) is 1. The van der Waals surface area contributed by atoms with Crippen LogP contribution in [0.1, 0.15) is 24.8 Å². The van der Waals surface area contributed by atoms with E-state index in [1.54, 1.807) is 0 Å². The molecule has 0 radical (unpaired) electrons. The molecule has 1 aliphatic heterocycles. The number of aryl methyl sites for hydroxylation is 1. The summed E-state index contributed by atoms with van der Waals surface area (Å²) in [7, 11) is 1.93. The van der Waals surface area contributed by atoms with Crippen molar-refractivity contribution in [1.82, 2.24) is 19.6 Å². The molecule has 1 aromatic heterocycles. The van der Waals surface area contributed by atoms with Gasteiger partial charge in [0.15, 0.2) is 0 Å². The quantitative estimate of drug-likeness (QED) is 0.869. The van der Waals surface area contributed by atoms with Crippen LogP contribution in [0.4, 0.5) is 0 Å². The SMILES string of the molecule is Cn1cc(CN2CCCN(C(C(=O)O)C3CC3)CC2)cn1. The molecule has 116 valence electrons. The van der Waals surface area contributed by atoms with Crippen molar-refractivity contribution in [2.24, 2.45) is 13.0 Å². The highest BCUT2D eigenvalue weighted by Crippen LogP contribution is 2.35. The van der Waals surface area contributed by atoms with Gasteiger partial charge in [0, 0.05) is 45.0 Å². The lowest BCUT2D eigenvalue weighted by Crippen LogP contribution is -2.44. The predicted octanol–water partition coefficient (Wildman–Crippen LogP) is 0.791. The molecule has 0 aromatic carbocycles. The Kier molecular flexibility index (Phi) is 4.26. The molecule has 6 heteroatoms. The number of nitrogens with zero attached hydrogens (tertiary/aromatic N) is 4. The van der Waals surface area contributed by atoms with Crippen LogP contribution in [0.2, 0.25) is 0 Å². The van der Waals surface area contributed by atoms with Gasteiger partial charge in [-0.1, -0.05) is 0 Å². The van der Waals surface area contributed by atoms with Crippen molar-refractivity contribution in [3.63, 3.8) is 0 Å². The predicted molar refractivity (Wildman–Crippen MR) is 78.8 cm³/mol. The molecule has 1 atom stereocenters. The Morgan fingerprint density at radius 2 is 2.19 bits per heavy atom. The van der Waals surface area contributed by atoms with Gasteiger partial charge in [0.2, 0.25) is 0 Å². The largest absolute Gasteiger partial charge is 0.480 e. The summed E-state index contributed by atoms with van der Waals surface area (Å²) in [5, 5.41) is 13.7. The van der Waals surface area contributed by atoms with Gasteiger partial charge in [-0.05, 0) is 31.7 Å². The van der Waals surface area contributed by atoms with E-state index in [1.807, 2.05) is 24.1 Å². The first-order valence-electron chi connectivity index (χ1n) is 7.80. The number of aromatic nitrogens is 2. The Morgan fingerprint density at radius 1 is 1.38 bits per heavy atom. The molecule has 6 nitrogen and oxygen atoms in total. The van der Waals surface area contributed by atoms with Gasteiger partial charge in [-0.15, -0.1) is 0 Å². The van der Waals surface area contributed by atoms with Crippen LogP contribution in [0, 0.1) is 5.92 Å². The normalized spacial score (nSPS) is 22.9. The summed E-state index contributed by atoms with van der Waals surface area (Å²) >= 11 is 0. The Bertz CT molecular complexity index is 498. The first-order valence-corrected chi connectivity index (χ1v) is 7.80. The number of aliphatic carboxylic acids is 1. The third-order valence-electron chi connectivity index (χ3n) is 4.50. The summed E-state index contributed by atoms with van der Waals surface area (Å²) in [4.78, 5) is 16.1. The van der Waals surface area contributed by atoms with Gasteiger partial charge in [0.05, 0.1) is 6.20 Å². The Balaban J connectivity index is 1.57. The third kappa shape index (κ3) is 3.63. The monoisotopic (exact) mass is 292 g/mol. The van der Waals surface area contributed by atoms with Gasteiger partial charge in [0.1, 0.15) is 6.04 Å². The van der Waals surface area contributed by atoms with Gasteiger partial charge in [-0.3, -0.25) is 19.3 Å². The van der Waals surface area contributed by atoms with E-state index in [0.717, 1.165) is 52.0 Å². The number of carboxylic acids is 1. The second-order valence-corrected chi connectivity index (χ2v) is 6.31. The van der Waals surface area contributed by atoms with Crippen LogP contribution in [0.3, 0.4) is 0 Å². The Hall–Kier alpha value is -1.40. The van der Waals surface area contributed by atoms with Crippen molar-refractivity contribution in [3.05, 3.63) is 18.0 Å². The minimum Gasteiger partial charge on any atom is -0.480 e. The van der Waals surface area contributed by atoms with Crippen molar-refractivity contribution in [2.75, 3.05) is 26.2 Å². The molecule has 0 amide bonds. The summed E-state index contributed by atoms with van der Waals surface area (Å²) in [6, 6.07) is -0.261. The fraction of sp³-hybridized carbons (Fsp3) is 0.733. The second-order valence-electron chi connectivity index (χ2n) is 6.31. The van der Waals surface area contributed by atoms with E-state index in [-0.39, 0.29) is 6.04 Å². The summed E-state index contributed by atoms with van der Waals surface area (Å²) in [6.45, 7) is 4.63. The minimum atomic E-state index is -0.641. The smallest absolute Gasteiger partial charge is 0.321 e. The van der Waals surface area contributed by atoms with Crippen molar-refractivity contribution < 1.29 is 9.90 Å². The molecular formula is C15H24N4O2. The molecule has 2 heterocycles. The molecule has 0 spiro atoms. The van der Waals surface area contributed by atoms with Crippen LogP contribution in [0.25, 0.3) is 0 Å². The van der Waals surface area contributed by atoms with Crippen molar-refractivity contribution in [1.29, 1.82) is 0 Å². The number of rotatable bonds is 5. The molecule has 1 N–H and O–H groups in total. The van der Waals surface area contributed by atoms with E-state index >= 15 is 0 Å². The van der Waals surface area contributed by atoms with Crippen LogP contribution in [0.15, 0.2) is 12.4 Å². The highest BCUT2D eigenvalue weighted by atomic mass is 16.4. The Morgan fingerprint density at radius 3 is 2.81 bits per heavy atom. The minimum absolute atomic E-state index is 0.261. The molecule has 1 saturated carbocycles. The lowest BCUT2D eigenvalue weighted by molar-refractivity contribution is -0.144. The fourth-order valence-electron chi connectivity index (χ4n) is 3.31. The molecule has 1 aromatic rings. The molecular weight excluding hydrogens is 268 g/mol. The Labute approximate surface area is 125 Å². The molecule has 2 fully saturated rings. The zero-order chi connectivity index (χ0) is 14.8. The van der Waals surface area contributed by atoms with E-state index in [4.69, 9.17) is 0 Å². The lowest BCUT2D eigenvalue weighted by atomic mass is 10.1. The molecule has 21 heavy (non-hydrogen) atoms. The number of hydrogen-bond donors (Lipinski definition) is 1. The topological polar surface area (TPSA) is 61.6 Å². The second kappa shape index (κ2) is 6.15.